The molecule has 3 aromatic rings. The average molecular weight is 526 g/mol. The van der Waals surface area contributed by atoms with Crippen molar-refractivity contribution >= 4 is 18.0 Å². The van der Waals surface area contributed by atoms with Gasteiger partial charge >= 0.3 is 6.18 Å². The zero-order chi connectivity index (χ0) is 26.3. The second-order valence-electron chi connectivity index (χ2n) is 8.72. The summed E-state index contributed by atoms with van der Waals surface area (Å²) in [5.41, 5.74) is -2.83. The number of methoxy groups -OCH3 is 1. The molecule has 1 aliphatic heterocycles. The highest BCUT2D eigenvalue weighted by Crippen LogP contribution is 2.59. The van der Waals surface area contributed by atoms with E-state index in [0.29, 0.717) is 0 Å². The summed E-state index contributed by atoms with van der Waals surface area (Å²) in [7, 11) is -2.93. The molecule has 1 heterocycles. The smallest absolute Gasteiger partial charge is 0.417 e. The lowest BCUT2D eigenvalue weighted by Crippen LogP contribution is -2.47. The Morgan fingerprint density at radius 2 is 1.44 bits per heavy atom. The van der Waals surface area contributed by atoms with Crippen LogP contribution in [0.4, 0.5) is 22.0 Å². The number of hydrogen-bond acceptors (Lipinski definition) is 4. The molecule has 0 aromatic heterocycles. The second kappa shape index (κ2) is 9.61. The topological polar surface area (TPSA) is 44.8 Å². The lowest BCUT2D eigenvalue weighted by atomic mass is 9.79. The first-order valence-electron chi connectivity index (χ1n) is 11.1. The van der Waals surface area contributed by atoms with E-state index in [0.717, 1.165) is 26.2 Å². The molecule has 4 atom stereocenters. The van der Waals surface area contributed by atoms with E-state index < -0.39 is 54.7 Å². The third-order valence-electron chi connectivity index (χ3n) is 6.71. The Balaban J connectivity index is 1.90. The molecule has 36 heavy (non-hydrogen) atoms. The number of halogens is 5. The molecular formula is C26H24F5O4P. The van der Waals surface area contributed by atoms with Crippen LogP contribution >= 0.6 is 7.37 Å². The van der Waals surface area contributed by atoms with E-state index in [1.54, 1.807) is 60.7 Å². The Morgan fingerprint density at radius 1 is 0.917 bits per heavy atom. The summed E-state index contributed by atoms with van der Waals surface area (Å²) in [6, 6.07) is 18.0. The van der Waals surface area contributed by atoms with Gasteiger partial charge in [0.15, 0.2) is 23.5 Å². The molecule has 4 nitrogen and oxygen atoms in total. The minimum Gasteiger partial charge on any atom is -0.493 e. The van der Waals surface area contributed by atoms with Gasteiger partial charge < -0.3 is 9.47 Å². The predicted octanol–water partition coefficient (Wildman–Crippen LogP) is 6.32. The van der Waals surface area contributed by atoms with Crippen molar-refractivity contribution in [2.75, 3.05) is 7.11 Å². The Labute approximate surface area is 205 Å². The van der Waals surface area contributed by atoms with Gasteiger partial charge in [-0.3, -0.25) is 9.09 Å². The molecule has 3 aromatic carbocycles. The van der Waals surface area contributed by atoms with Gasteiger partial charge in [0.1, 0.15) is 0 Å². The fraction of sp³-hybridized carbons (Fsp3) is 0.308. The van der Waals surface area contributed by atoms with E-state index in [9.17, 15) is 26.5 Å². The largest absolute Gasteiger partial charge is 0.493 e. The van der Waals surface area contributed by atoms with Crippen LogP contribution in [0.1, 0.15) is 25.3 Å². The van der Waals surface area contributed by atoms with E-state index in [2.05, 4.69) is 0 Å². The standard InChI is InChI=1S/C26H24F5O4P/c1-16-21(19-14-15-20(27)22(28)23(19)33-3)24(34-25(16,2)26(29,30)31)35-36(32,17-10-6-4-7-11-17)18-12-8-5-9-13-18/h4-16,21,24H,1-3H3/t16-,21-,24-,25+/m0/s1. The quantitative estimate of drug-likeness (QED) is 0.279. The van der Waals surface area contributed by atoms with Gasteiger partial charge in [0.25, 0.3) is 7.37 Å². The van der Waals surface area contributed by atoms with Crippen molar-refractivity contribution in [1.29, 1.82) is 0 Å². The van der Waals surface area contributed by atoms with Gasteiger partial charge in [-0.05, 0) is 37.3 Å². The molecule has 1 saturated heterocycles. The van der Waals surface area contributed by atoms with E-state index in [1.807, 2.05) is 0 Å². The number of benzene rings is 3. The second-order valence-corrected chi connectivity index (χ2v) is 11.1. The van der Waals surface area contributed by atoms with Crippen molar-refractivity contribution < 1.29 is 40.5 Å². The Morgan fingerprint density at radius 3 is 1.92 bits per heavy atom. The molecule has 0 aliphatic carbocycles. The Kier molecular flexibility index (Phi) is 7.03. The van der Waals surface area contributed by atoms with Crippen LogP contribution in [-0.4, -0.2) is 25.2 Å². The molecule has 1 fully saturated rings. The van der Waals surface area contributed by atoms with Crippen molar-refractivity contribution in [3.8, 4) is 5.75 Å². The third kappa shape index (κ3) is 4.33. The van der Waals surface area contributed by atoms with Crippen LogP contribution in [0, 0.1) is 17.6 Å². The summed E-state index contributed by atoms with van der Waals surface area (Å²) in [6.45, 7) is 2.13. The lowest BCUT2D eigenvalue weighted by Gasteiger charge is -2.31. The van der Waals surface area contributed by atoms with Crippen molar-refractivity contribution in [2.24, 2.45) is 5.92 Å². The predicted molar refractivity (Wildman–Crippen MR) is 125 cm³/mol. The van der Waals surface area contributed by atoms with Crippen LogP contribution in [0.5, 0.6) is 5.75 Å². The fourth-order valence-electron chi connectivity index (χ4n) is 4.51. The Hall–Kier alpha value is -2.74. The normalized spacial score (nSPS) is 24.6. The van der Waals surface area contributed by atoms with Gasteiger partial charge in [-0.25, -0.2) is 4.39 Å². The van der Waals surface area contributed by atoms with Crippen molar-refractivity contribution in [3.05, 3.63) is 90.0 Å². The van der Waals surface area contributed by atoms with Gasteiger partial charge in [0.05, 0.1) is 7.11 Å². The minimum atomic E-state index is -4.85. The highest BCUT2D eigenvalue weighted by molar-refractivity contribution is 7.74. The molecule has 0 unspecified atom stereocenters. The van der Waals surface area contributed by atoms with Crippen LogP contribution in [0.3, 0.4) is 0 Å². The van der Waals surface area contributed by atoms with Crippen LogP contribution < -0.4 is 15.3 Å². The van der Waals surface area contributed by atoms with Gasteiger partial charge in [-0.15, -0.1) is 0 Å². The molecular weight excluding hydrogens is 502 g/mol. The summed E-state index contributed by atoms with van der Waals surface area (Å²) in [6.07, 6.45) is -6.59. The maximum Gasteiger partial charge on any atom is 0.417 e. The molecule has 1 aliphatic rings. The number of rotatable bonds is 6. The highest BCUT2D eigenvalue weighted by atomic mass is 31.2. The SMILES string of the molecule is COc1c([C@H]2[C@H](OP(=O)(c3ccccc3)c3ccccc3)O[C@@](C)(C(F)(F)F)[C@H]2C)ccc(F)c1F. The summed E-state index contributed by atoms with van der Waals surface area (Å²) < 4.78 is 102. The van der Waals surface area contributed by atoms with Gasteiger partial charge in [-0.1, -0.05) is 49.4 Å². The number of alkyl halides is 3. The van der Waals surface area contributed by atoms with E-state index in [4.69, 9.17) is 14.0 Å². The van der Waals surface area contributed by atoms with Crippen LogP contribution in [-0.2, 0) is 13.8 Å². The molecule has 4 rings (SSSR count). The zero-order valence-corrected chi connectivity index (χ0v) is 20.5. The monoisotopic (exact) mass is 526 g/mol. The van der Waals surface area contributed by atoms with Crippen molar-refractivity contribution in [2.45, 2.75) is 37.8 Å². The van der Waals surface area contributed by atoms with Gasteiger partial charge in [0.2, 0.25) is 5.82 Å². The number of hydrogen-bond donors (Lipinski definition) is 0. The molecule has 192 valence electrons. The summed E-state index contributed by atoms with van der Waals surface area (Å²) in [4.78, 5) is 0. The molecule has 0 spiro atoms. The maximum absolute atomic E-state index is 14.6. The third-order valence-corrected chi connectivity index (χ3v) is 9.17. The van der Waals surface area contributed by atoms with Crippen molar-refractivity contribution in [1.82, 2.24) is 0 Å². The van der Waals surface area contributed by atoms with Crippen LogP contribution in [0.15, 0.2) is 72.8 Å². The molecule has 0 saturated carbocycles. The molecule has 0 radical (unpaired) electrons. The first-order chi connectivity index (χ1) is 16.9. The lowest BCUT2D eigenvalue weighted by molar-refractivity contribution is -0.288. The van der Waals surface area contributed by atoms with Crippen molar-refractivity contribution in [3.63, 3.8) is 0 Å². The first-order valence-corrected chi connectivity index (χ1v) is 12.7. The summed E-state index contributed by atoms with van der Waals surface area (Å²) >= 11 is 0. The number of ether oxygens (including phenoxy) is 2. The minimum absolute atomic E-state index is 0.0884. The maximum atomic E-state index is 14.6. The van der Waals surface area contributed by atoms with E-state index >= 15 is 0 Å². The van der Waals surface area contributed by atoms with Crippen LogP contribution in [0.25, 0.3) is 0 Å². The molecule has 10 heteroatoms. The van der Waals surface area contributed by atoms with Gasteiger partial charge in [0, 0.05) is 28.0 Å². The molecule has 0 amide bonds. The fourth-order valence-corrected chi connectivity index (χ4v) is 6.65. The summed E-state index contributed by atoms with van der Waals surface area (Å²) in [5, 5.41) is 0.480. The first kappa shape index (κ1) is 26.3. The van der Waals surface area contributed by atoms with E-state index in [-0.39, 0.29) is 16.2 Å². The Bertz CT molecular complexity index is 1230. The molecule has 0 N–H and O–H groups in total. The average Bonchev–Trinajstić information content (AvgIpc) is 3.11. The highest BCUT2D eigenvalue weighted by Gasteiger charge is 2.66. The van der Waals surface area contributed by atoms with Gasteiger partial charge in [-0.2, -0.15) is 17.6 Å². The summed E-state index contributed by atoms with van der Waals surface area (Å²) in [5.74, 6) is -5.79. The molecule has 0 bridgehead atoms. The van der Waals surface area contributed by atoms with E-state index in [1.165, 1.54) is 6.92 Å². The van der Waals surface area contributed by atoms with Crippen LogP contribution in [0.2, 0.25) is 0 Å². The zero-order valence-electron chi connectivity index (χ0n) is 19.6.